The Hall–Kier alpha value is -1.02. The first kappa shape index (κ1) is 13.4. The molecule has 1 heterocycles. The van der Waals surface area contributed by atoms with Crippen LogP contribution in [-0.4, -0.2) is 19.6 Å². The summed E-state index contributed by atoms with van der Waals surface area (Å²) in [7, 11) is 0. The predicted molar refractivity (Wildman–Crippen MR) is 79.2 cm³/mol. The third-order valence-electron chi connectivity index (χ3n) is 3.79. The highest BCUT2D eigenvalue weighted by Gasteiger charge is 2.11. The maximum absolute atomic E-state index is 3.48. The minimum Gasteiger partial charge on any atom is -0.372 e. The number of nitrogens with zero attached hydrogens (tertiary/aromatic N) is 1. The molecule has 1 aromatic rings. The average molecular weight is 246 g/mol. The molecule has 100 valence electrons. The van der Waals surface area contributed by atoms with Gasteiger partial charge in [0, 0.05) is 25.3 Å². The summed E-state index contributed by atoms with van der Waals surface area (Å²) in [6, 6.07) is 6.94. The van der Waals surface area contributed by atoms with Gasteiger partial charge in [-0.1, -0.05) is 13.0 Å². The molecular weight excluding hydrogens is 220 g/mol. The summed E-state index contributed by atoms with van der Waals surface area (Å²) in [5.41, 5.74) is 4.26. The lowest BCUT2D eigenvalue weighted by molar-refractivity contribution is 0.577. The largest absolute Gasteiger partial charge is 0.372 e. The van der Waals surface area contributed by atoms with Crippen molar-refractivity contribution in [2.75, 3.05) is 24.5 Å². The van der Waals surface area contributed by atoms with Crippen molar-refractivity contribution >= 4 is 5.69 Å². The van der Waals surface area contributed by atoms with Crippen LogP contribution in [0.3, 0.4) is 0 Å². The second-order valence-electron chi connectivity index (χ2n) is 5.34. The monoisotopic (exact) mass is 246 g/mol. The van der Waals surface area contributed by atoms with E-state index in [1.54, 1.807) is 0 Å². The van der Waals surface area contributed by atoms with Gasteiger partial charge in [0.15, 0.2) is 0 Å². The van der Waals surface area contributed by atoms with Crippen molar-refractivity contribution < 1.29 is 0 Å². The predicted octanol–water partition coefficient (Wildman–Crippen LogP) is 3.48. The summed E-state index contributed by atoms with van der Waals surface area (Å²) in [6.07, 6.45) is 5.29. The Labute approximate surface area is 111 Å². The summed E-state index contributed by atoms with van der Waals surface area (Å²) < 4.78 is 0. The Balaban J connectivity index is 1.99. The van der Waals surface area contributed by atoms with Gasteiger partial charge in [0.1, 0.15) is 0 Å². The number of hydrogen-bond donors (Lipinski definition) is 1. The van der Waals surface area contributed by atoms with Crippen LogP contribution in [0.4, 0.5) is 5.69 Å². The minimum absolute atomic E-state index is 1.000. The number of aryl methyl sites for hydroxylation is 1. The van der Waals surface area contributed by atoms with Crippen LogP contribution in [-0.2, 0) is 6.54 Å². The Morgan fingerprint density at radius 3 is 2.61 bits per heavy atom. The number of anilines is 1. The maximum Gasteiger partial charge on any atom is 0.0369 e. The maximum atomic E-state index is 3.48. The molecule has 0 radical (unpaired) electrons. The summed E-state index contributed by atoms with van der Waals surface area (Å²) in [5, 5.41) is 3.48. The normalized spacial score (nSPS) is 16.0. The molecule has 1 N–H and O–H groups in total. The number of rotatable bonds is 5. The van der Waals surface area contributed by atoms with Gasteiger partial charge in [0.25, 0.3) is 0 Å². The van der Waals surface area contributed by atoms with Gasteiger partial charge in [-0.05, 0) is 62.4 Å². The fraction of sp³-hybridized carbons (Fsp3) is 0.625. The molecule has 0 aromatic heterocycles. The Bertz CT molecular complexity index is 367. The van der Waals surface area contributed by atoms with E-state index in [1.165, 1.54) is 55.6 Å². The molecule has 1 fully saturated rings. The van der Waals surface area contributed by atoms with Crippen LogP contribution < -0.4 is 10.2 Å². The van der Waals surface area contributed by atoms with E-state index >= 15 is 0 Å². The third-order valence-corrected chi connectivity index (χ3v) is 3.79. The van der Waals surface area contributed by atoms with Crippen molar-refractivity contribution in [3.05, 3.63) is 29.3 Å². The van der Waals surface area contributed by atoms with Crippen molar-refractivity contribution in [2.24, 2.45) is 0 Å². The molecule has 0 amide bonds. The van der Waals surface area contributed by atoms with Crippen molar-refractivity contribution in [3.63, 3.8) is 0 Å². The zero-order valence-corrected chi connectivity index (χ0v) is 11.8. The van der Waals surface area contributed by atoms with Crippen LogP contribution in [0.25, 0.3) is 0 Å². The van der Waals surface area contributed by atoms with Crippen molar-refractivity contribution in [1.82, 2.24) is 5.32 Å². The average Bonchev–Trinajstić information content (AvgIpc) is 2.42. The highest BCUT2D eigenvalue weighted by molar-refractivity contribution is 5.51. The van der Waals surface area contributed by atoms with E-state index in [0.29, 0.717) is 0 Å². The minimum atomic E-state index is 1.000. The summed E-state index contributed by atoms with van der Waals surface area (Å²) in [6.45, 7) is 9.00. The first-order chi connectivity index (χ1) is 8.81. The molecule has 1 aliphatic heterocycles. The van der Waals surface area contributed by atoms with Gasteiger partial charge >= 0.3 is 0 Å². The molecule has 2 rings (SSSR count). The third kappa shape index (κ3) is 3.49. The first-order valence-corrected chi connectivity index (χ1v) is 7.36. The Morgan fingerprint density at radius 1 is 1.17 bits per heavy atom. The highest BCUT2D eigenvalue weighted by atomic mass is 15.1. The van der Waals surface area contributed by atoms with E-state index in [1.807, 2.05) is 0 Å². The highest BCUT2D eigenvalue weighted by Crippen LogP contribution is 2.22. The van der Waals surface area contributed by atoms with Gasteiger partial charge in [-0.15, -0.1) is 0 Å². The second-order valence-corrected chi connectivity index (χ2v) is 5.34. The fourth-order valence-electron chi connectivity index (χ4n) is 2.63. The van der Waals surface area contributed by atoms with Crippen LogP contribution >= 0.6 is 0 Å². The van der Waals surface area contributed by atoms with Gasteiger partial charge in [-0.2, -0.15) is 0 Å². The van der Waals surface area contributed by atoms with E-state index in [-0.39, 0.29) is 0 Å². The molecule has 0 atom stereocenters. The molecule has 0 spiro atoms. The molecule has 0 unspecified atom stereocenters. The molecule has 2 heteroatoms. The smallest absolute Gasteiger partial charge is 0.0369 e. The van der Waals surface area contributed by atoms with Gasteiger partial charge in [0.2, 0.25) is 0 Å². The van der Waals surface area contributed by atoms with Crippen LogP contribution in [0.2, 0.25) is 0 Å². The van der Waals surface area contributed by atoms with Crippen LogP contribution in [0.15, 0.2) is 18.2 Å². The number of nitrogens with one attached hydrogen (secondary N) is 1. The Kier molecular flexibility index (Phi) is 5.06. The van der Waals surface area contributed by atoms with Crippen LogP contribution in [0.5, 0.6) is 0 Å². The standard InChI is InChI=1S/C16H26N2/c1-3-9-17-13-15-7-8-16(12-14(15)2)18-10-5-4-6-11-18/h7-8,12,17H,3-6,9-11,13H2,1-2H3. The van der Waals surface area contributed by atoms with Gasteiger partial charge in [0.05, 0.1) is 0 Å². The molecular formula is C16H26N2. The number of benzene rings is 1. The molecule has 0 bridgehead atoms. The lowest BCUT2D eigenvalue weighted by Gasteiger charge is -2.29. The quantitative estimate of drug-likeness (QED) is 0.800. The molecule has 1 saturated heterocycles. The second kappa shape index (κ2) is 6.79. The van der Waals surface area contributed by atoms with Crippen molar-refractivity contribution in [1.29, 1.82) is 0 Å². The Morgan fingerprint density at radius 2 is 1.94 bits per heavy atom. The van der Waals surface area contributed by atoms with E-state index in [9.17, 15) is 0 Å². The lowest BCUT2D eigenvalue weighted by atomic mass is 10.1. The molecule has 0 aliphatic carbocycles. The molecule has 2 nitrogen and oxygen atoms in total. The molecule has 18 heavy (non-hydrogen) atoms. The first-order valence-electron chi connectivity index (χ1n) is 7.36. The van der Waals surface area contributed by atoms with Gasteiger partial charge < -0.3 is 10.2 Å². The van der Waals surface area contributed by atoms with E-state index in [0.717, 1.165) is 13.1 Å². The summed E-state index contributed by atoms with van der Waals surface area (Å²) in [5.74, 6) is 0. The molecule has 1 aliphatic rings. The molecule has 0 saturated carbocycles. The zero-order chi connectivity index (χ0) is 12.8. The fourth-order valence-corrected chi connectivity index (χ4v) is 2.63. The van der Waals surface area contributed by atoms with Gasteiger partial charge in [-0.3, -0.25) is 0 Å². The van der Waals surface area contributed by atoms with E-state index in [4.69, 9.17) is 0 Å². The van der Waals surface area contributed by atoms with Crippen LogP contribution in [0.1, 0.15) is 43.7 Å². The van der Waals surface area contributed by atoms with Crippen molar-refractivity contribution in [2.45, 2.75) is 46.1 Å². The zero-order valence-electron chi connectivity index (χ0n) is 11.8. The topological polar surface area (TPSA) is 15.3 Å². The number of piperidine rings is 1. The van der Waals surface area contributed by atoms with Crippen molar-refractivity contribution in [3.8, 4) is 0 Å². The summed E-state index contributed by atoms with van der Waals surface area (Å²) >= 11 is 0. The van der Waals surface area contributed by atoms with E-state index < -0.39 is 0 Å². The SMILES string of the molecule is CCCNCc1ccc(N2CCCCC2)cc1C. The molecule has 1 aromatic carbocycles. The van der Waals surface area contributed by atoms with E-state index in [2.05, 4.69) is 42.3 Å². The lowest BCUT2D eigenvalue weighted by Crippen LogP contribution is -2.29. The summed E-state index contributed by atoms with van der Waals surface area (Å²) in [4.78, 5) is 2.53. The van der Waals surface area contributed by atoms with Gasteiger partial charge in [-0.25, -0.2) is 0 Å². The number of hydrogen-bond acceptors (Lipinski definition) is 2. The van der Waals surface area contributed by atoms with Crippen LogP contribution in [0, 0.1) is 6.92 Å².